The third kappa shape index (κ3) is 4.94. The Kier molecular flexibility index (Phi) is 7.11. The van der Waals surface area contributed by atoms with Gasteiger partial charge < -0.3 is 22.9 Å². The minimum Gasteiger partial charge on any atom is -0.369 e. The third-order valence-electron chi connectivity index (χ3n) is 5.24. The van der Waals surface area contributed by atoms with Gasteiger partial charge in [0, 0.05) is 17.3 Å². The fourth-order valence-corrected chi connectivity index (χ4v) is 3.81. The van der Waals surface area contributed by atoms with E-state index in [4.69, 9.17) is 32.9 Å². The van der Waals surface area contributed by atoms with Gasteiger partial charge in [-0.1, -0.05) is 60.7 Å². The van der Waals surface area contributed by atoms with Crippen molar-refractivity contribution in [3.05, 3.63) is 84.3 Å². The fourth-order valence-electron chi connectivity index (χ4n) is 3.81. The molecule has 5 rings (SSSR count). The standard InChI is InChI=1S/C24H22N12.ClH/c25-22(26)33-29-13-17-20(15-7-3-1-4-8-15)32-24-35(17)12-11-19-31-21(16-9-5-2-6-10-16)18(36(19)24)14-30-34-23(27)28;/h1-14H,(H4,25,26,33)(H4,27,28,34);1H/b29-13+,30-14+;. The quantitative estimate of drug-likeness (QED) is 0.152. The molecule has 0 aliphatic rings. The highest BCUT2D eigenvalue weighted by atomic mass is 35.5. The van der Waals surface area contributed by atoms with Crippen LogP contribution >= 0.6 is 12.4 Å². The van der Waals surface area contributed by atoms with Crippen molar-refractivity contribution < 1.29 is 0 Å². The van der Waals surface area contributed by atoms with Crippen LogP contribution in [0.15, 0.2) is 93.3 Å². The number of nitrogens with zero attached hydrogens (tertiary/aromatic N) is 8. The number of fused-ring (bicyclic) bond motifs is 3. The smallest absolute Gasteiger partial charge is 0.221 e. The second-order valence-electron chi connectivity index (χ2n) is 7.64. The molecule has 0 unspecified atom stereocenters. The molecule has 2 aromatic carbocycles. The van der Waals surface area contributed by atoms with Crippen LogP contribution in [-0.2, 0) is 0 Å². The predicted molar refractivity (Wildman–Crippen MR) is 149 cm³/mol. The van der Waals surface area contributed by atoms with Crippen LogP contribution in [0.25, 0.3) is 33.9 Å². The van der Waals surface area contributed by atoms with Gasteiger partial charge in [0.2, 0.25) is 17.7 Å². The molecule has 0 saturated carbocycles. The first kappa shape index (κ1) is 24.9. The Balaban J connectivity index is 0.00000320. The topological polar surface area (TPSA) is 188 Å². The van der Waals surface area contributed by atoms with Crippen LogP contribution < -0.4 is 22.9 Å². The number of nitrogens with two attached hydrogens (primary N) is 4. The Morgan fingerprint density at radius 3 is 1.73 bits per heavy atom. The molecule has 186 valence electrons. The first-order valence-electron chi connectivity index (χ1n) is 10.8. The van der Waals surface area contributed by atoms with Crippen molar-refractivity contribution in [2.24, 2.45) is 43.3 Å². The fraction of sp³-hybridized carbons (Fsp3) is 0. The number of rotatable bonds is 6. The second kappa shape index (κ2) is 10.6. The SMILES string of the molecule is Cl.NC(N)=N/N=C/c1c(-c2ccccc2)nc2n1ccc1nc(-c3ccccc3)c(/C=N/N=C(N)N)n12. The van der Waals surface area contributed by atoms with Crippen molar-refractivity contribution in [3.8, 4) is 22.5 Å². The zero-order valence-electron chi connectivity index (χ0n) is 19.4. The number of hydrogen-bond acceptors (Lipinski definition) is 6. The number of hydrogen-bond donors (Lipinski definition) is 4. The summed E-state index contributed by atoms with van der Waals surface area (Å²) in [5.74, 6) is 0.263. The number of benzene rings is 2. The molecule has 0 aliphatic carbocycles. The molecule has 12 nitrogen and oxygen atoms in total. The molecule has 8 N–H and O–H groups in total. The Labute approximate surface area is 217 Å². The van der Waals surface area contributed by atoms with Crippen molar-refractivity contribution in [2.75, 3.05) is 0 Å². The van der Waals surface area contributed by atoms with Gasteiger partial charge in [0.25, 0.3) is 0 Å². The van der Waals surface area contributed by atoms with Crippen LogP contribution in [0.4, 0.5) is 0 Å². The minimum absolute atomic E-state index is 0. The molecule has 0 radical (unpaired) electrons. The van der Waals surface area contributed by atoms with Crippen molar-refractivity contribution >= 4 is 48.2 Å². The van der Waals surface area contributed by atoms with Crippen LogP contribution in [0.1, 0.15) is 11.4 Å². The van der Waals surface area contributed by atoms with E-state index in [0.717, 1.165) is 11.1 Å². The summed E-state index contributed by atoms with van der Waals surface area (Å²) in [6, 6.07) is 21.3. The normalized spacial score (nSPS) is 11.2. The van der Waals surface area contributed by atoms with Crippen molar-refractivity contribution in [1.29, 1.82) is 0 Å². The summed E-state index contributed by atoms with van der Waals surface area (Å²) in [6.07, 6.45) is 4.96. The Morgan fingerprint density at radius 1 is 0.676 bits per heavy atom. The Morgan fingerprint density at radius 2 is 1.19 bits per heavy atom. The van der Waals surface area contributed by atoms with Gasteiger partial charge in [0.05, 0.1) is 35.2 Å². The molecule has 0 saturated heterocycles. The minimum atomic E-state index is -0.156. The van der Waals surface area contributed by atoms with E-state index in [9.17, 15) is 0 Å². The highest BCUT2D eigenvalue weighted by Gasteiger charge is 2.20. The summed E-state index contributed by atoms with van der Waals surface area (Å²) < 4.78 is 3.74. The van der Waals surface area contributed by atoms with Gasteiger partial charge in [-0.3, -0.25) is 8.80 Å². The maximum absolute atomic E-state index is 5.47. The first-order chi connectivity index (χ1) is 17.5. The zero-order valence-corrected chi connectivity index (χ0v) is 20.2. The van der Waals surface area contributed by atoms with Crippen LogP contribution in [0.2, 0.25) is 0 Å². The van der Waals surface area contributed by atoms with Gasteiger partial charge in [0.15, 0.2) is 0 Å². The average molecular weight is 515 g/mol. The first-order valence-corrected chi connectivity index (χ1v) is 10.8. The predicted octanol–water partition coefficient (Wildman–Crippen LogP) is 1.95. The largest absolute Gasteiger partial charge is 0.369 e. The second-order valence-corrected chi connectivity index (χ2v) is 7.64. The third-order valence-corrected chi connectivity index (χ3v) is 5.24. The van der Waals surface area contributed by atoms with E-state index in [1.807, 2.05) is 81.7 Å². The Bertz CT molecular complexity index is 1660. The summed E-state index contributed by atoms with van der Waals surface area (Å²) in [5, 5.41) is 15.6. The zero-order chi connectivity index (χ0) is 25.1. The van der Waals surface area contributed by atoms with Gasteiger partial charge in [-0.05, 0) is 6.07 Å². The molecule has 0 amide bonds. The van der Waals surface area contributed by atoms with Gasteiger partial charge in [-0.15, -0.1) is 22.6 Å². The number of imidazole rings is 2. The summed E-state index contributed by atoms with van der Waals surface area (Å²) in [5.41, 5.74) is 27.0. The van der Waals surface area contributed by atoms with Gasteiger partial charge in [-0.25, -0.2) is 9.97 Å². The highest BCUT2D eigenvalue weighted by Crippen LogP contribution is 2.28. The van der Waals surface area contributed by atoms with E-state index in [0.29, 0.717) is 34.2 Å². The molecule has 0 spiro atoms. The van der Waals surface area contributed by atoms with E-state index in [2.05, 4.69) is 20.4 Å². The van der Waals surface area contributed by atoms with E-state index < -0.39 is 0 Å². The molecule has 0 atom stereocenters. The lowest BCUT2D eigenvalue weighted by Crippen LogP contribution is -2.21. The lowest BCUT2D eigenvalue weighted by Gasteiger charge is -2.02. The number of guanidine groups is 2. The maximum atomic E-state index is 5.47. The van der Waals surface area contributed by atoms with Gasteiger partial charge in [-0.2, -0.15) is 10.2 Å². The molecule has 37 heavy (non-hydrogen) atoms. The van der Waals surface area contributed by atoms with Crippen molar-refractivity contribution in [1.82, 2.24) is 18.8 Å². The monoisotopic (exact) mass is 514 g/mol. The molecule has 0 aliphatic heterocycles. The van der Waals surface area contributed by atoms with Gasteiger partial charge >= 0.3 is 0 Å². The van der Waals surface area contributed by atoms with E-state index >= 15 is 0 Å². The molecular weight excluding hydrogens is 492 g/mol. The maximum Gasteiger partial charge on any atom is 0.221 e. The van der Waals surface area contributed by atoms with E-state index in [1.54, 1.807) is 12.4 Å². The summed E-state index contributed by atoms with van der Waals surface area (Å²) in [6.45, 7) is 0. The molecule has 0 bridgehead atoms. The molecule has 3 aromatic heterocycles. The summed E-state index contributed by atoms with van der Waals surface area (Å²) in [7, 11) is 0. The lowest BCUT2D eigenvalue weighted by molar-refractivity contribution is 1.05. The summed E-state index contributed by atoms with van der Waals surface area (Å²) in [4.78, 5) is 9.80. The number of aromatic nitrogens is 4. The van der Waals surface area contributed by atoms with Crippen LogP contribution in [0.5, 0.6) is 0 Å². The molecule has 13 heteroatoms. The van der Waals surface area contributed by atoms with Crippen molar-refractivity contribution in [3.63, 3.8) is 0 Å². The molecule has 3 heterocycles. The van der Waals surface area contributed by atoms with Crippen LogP contribution in [-0.4, -0.2) is 43.1 Å². The average Bonchev–Trinajstić information content (AvgIpc) is 3.43. The lowest BCUT2D eigenvalue weighted by atomic mass is 10.1. The van der Waals surface area contributed by atoms with Gasteiger partial charge in [0.1, 0.15) is 5.65 Å². The van der Waals surface area contributed by atoms with E-state index in [-0.39, 0.29) is 24.3 Å². The van der Waals surface area contributed by atoms with Crippen molar-refractivity contribution in [2.45, 2.75) is 0 Å². The van der Waals surface area contributed by atoms with Crippen LogP contribution in [0.3, 0.4) is 0 Å². The molecule has 0 fully saturated rings. The molecule has 5 aromatic rings. The number of halogens is 1. The highest BCUT2D eigenvalue weighted by molar-refractivity contribution is 5.92. The molecular formula is C24H23ClN12. The van der Waals surface area contributed by atoms with Crippen LogP contribution in [0, 0.1) is 0 Å². The summed E-state index contributed by atoms with van der Waals surface area (Å²) >= 11 is 0. The van der Waals surface area contributed by atoms with E-state index in [1.165, 1.54) is 0 Å². The Hall–Kier alpha value is -5.23.